The van der Waals surface area contributed by atoms with Crippen LogP contribution in [0.2, 0.25) is 0 Å². The highest BCUT2D eigenvalue weighted by atomic mass is 16.5. The third kappa shape index (κ3) is 5.60. The summed E-state index contributed by atoms with van der Waals surface area (Å²) in [5, 5.41) is 5.67. The van der Waals surface area contributed by atoms with Gasteiger partial charge in [0.15, 0.2) is 5.76 Å². The van der Waals surface area contributed by atoms with Gasteiger partial charge < -0.3 is 19.8 Å². The van der Waals surface area contributed by atoms with Crippen molar-refractivity contribution >= 4 is 11.8 Å². The molecule has 0 bridgehead atoms. The minimum Gasteiger partial charge on any atom is -0.497 e. The fourth-order valence-corrected chi connectivity index (χ4v) is 3.61. The molecule has 1 aliphatic rings. The van der Waals surface area contributed by atoms with Gasteiger partial charge in [-0.1, -0.05) is 18.6 Å². The number of carbonyl (C=O) groups excluding carboxylic acids is 2. The maximum Gasteiger partial charge on any atom is 0.287 e. The molecule has 7 heteroatoms. The highest BCUT2D eigenvalue weighted by molar-refractivity contribution is 5.95. The molecule has 1 fully saturated rings. The fraction of sp³-hybridized carbons (Fsp3) is 0.455. The van der Waals surface area contributed by atoms with E-state index in [0.717, 1.165) is 37.2 Å². The Hall–Kier alpha value is -2.80. The van der Waals surface area contributed by atoms with Crippen molar-refractivity contribution in [3.05, 3.63) is 54.0 Å². The van der Waals surface area contributed by atoms with E-state index in [1.54, 1.807) is 26.2 Å². The van der Waals surface area contributed by atoms with E-state index in [0.29, 0.717) is 6.54 Å². The highest BCUT2D eigenvalue weighted by Crippen LogP contribution is 2.25. The summed E-state index contributed by atoms with van der Waals surface area (Å²) in [4.78, 5) is 27.1. The van der Waals surface area contributed by atoms with Gasteiger partial charge in [-0.05, 0) is 62.7 Å². The van der Waals surface area contributed by atoms with E-state index in [1.807, 2.05) is 24.3 Å². The Bertz CT molecular complexity index is 783. The first kappa shape index (κ1) is 20.9. The van der Waals surface area contributed by atoms with Gasteiger partial charge in [-0.25, -0.2) is 0 Å². The molecule has 3 rings (SSSR count). The first-order chi connectivity index (χ1) is 14.1. The Kier molecular flexibility index (Phi) is 7.30. The van der Waals surface area contributed by atoms with Crippen molar-refractivity contribution in [2.24, 2.45) is 0 Å². The van der Waals surface area contributed by atoms with Crippen molar-refractivity contribution in [3.8, 4) is 5.75 Å². The number of carbonyl (C=O) groups is 2. The summed E-state index contributed by atoms with van der Waals surface area (Å²) in [6, 6.07) is 10.6. The molecule has 0 radical (unpaired) electrons. The van der Waals surface area contributed by atoms with Gasteiger partial charge in [0.25, 0.3) is 5.91 Å². The van der Waals surface area contributed by atoms with Crippen LogP contribution in [0, 0.1) is 0 Å². The van der Waals surface area contributed by atoms with Crippen molar-refractivity contribution < 1.29 is 18.7 Å². The monoisotopic (exact) mass is 399 g/mol. The van der Waals surface area contributed by atoms with Gasteiger partial charge in [-0.3, -0.25) is 14.5 Å². The highest BCUT2D eigenvalue weighted by Gasteiger charge is 2.24. The Labute approximate surface area is 171 Å². The van der Waals surface area contributed by atoms with Gasteiger partial charge >= 0.3 is 0 Å². The lowest BCUT2D eigenvalue weighted by atomic mass is 10.0. The number of nitrogens with zero attached hydrogens (tertiary/aromatic N) is 1. The second kappa shape index (κ2) is 10.1. The molecule has 1 saturated heterocycles. The largest absolute Gasteiger partial charge is 0.497 e. The average Bonchev–Trinajstić information content (AvgIpc) is 3.30. The molecule has 29 heavy (non-hydrogen) atoms. The molecule has 2 atom stereocenters. The standard InChI is InChI=1S/C22H29N3O4/c1-16(24-22(27)20-7-6-14-29-20)21(26)23-15-19(25-12-4-3-5-13-25)17-8-10-18(28-2)11-9-17/h6-11,14,16,19H,3-5,12-13,15H2,1-2H3,(H,23,26)(H,24,27)/t16-,19+/m0/s1. The van der Waals surface area contributed by atoms with Crippen molar-refractivity contribution in [3.63, 3.8) is 0 Å². The molecule has 7 nitrogen and oxygen atoms in total. The molecule has 2 N–H and O–H groups in total. The minimum atomic E-state index is -0.662. The Morgan fingerprint density at radius 3 is 2.48 bits per heavy atom. The molecular weight excluding hydrogens is 370 g/mol. The van der Waals surface area contributed by atoms with Gasteiger partial charge in [-0.15, -0.1) is 0 Å². The lowest BCUT2D eigenvalue weighted by Crippen LogP contribution is -2.47. The number of amides is 2. The van der Waals surface area contributed by atoms with E-state index in [4.69, 9.17) is 9.15 Å². The van der Waals surface area contributed by atoms with Gasteiger partial charge in [0.05, 0.1) is 19.4 Å². The van der Waals surface area contributed by atoms with Crippen molar-refractivity contribution in [1.29, 1.82) is 0 Å². The summed E-state index contributed by atoms with van der Waals surface area (Å²) in [6.45, 7) is 4.17. The number of piperidine rings is 1. The quantitative estimate of drug-likeness (QED) is 0.713. The van der Waals surface area contributed by atoms with Gasteiger partial charge in [-0.2, -0.15) is 0 Å². The van der Waals surface area contributed by atoms with Gasteiger partial charge in [0, 0.05) is 6.54 Å². The van der Waals surface area contributed by atoms with Crippen LogP contribution >= 0.6 is 0 Å². The molecule has 1 aromatic carbocycles. The average molecular weight is 399 g/mol. The van der Waals surface area contributed by atoms with Crippen LogP contribution in [0.15, 0.2) is 47.1 Å². The number of methoxy groups -OCH3 is 1. The summed E-state index contributed by atoms with van der Waals surface area (Å²) in [7, 11) is 1.65. The summed E-state index contributed by atoms with van der Waals surface area (Å²) >= 11 is 0. The van der Waals surface area contributed by atoms with Crippen LogP contribution in [0.4, 0.5) is 0 Å². The van der Waals surface area contributed by atoms with Gasteiger partial charge in [0.1, 0.15) is 11.8 Å². The maximum absolute atomic E-state index is 12.6. The molecule has 0 aliphatic carbocycles. The molecular formula is C22H29N3O4. The van der Waals surface area contributed by atoms with Crippen molar-refractivity contribution in [2.45, 2.75) is 38.3 Å². The zero-order valence-corrected chi connectivity index (χ0v) is 17.0. The number of rotatable bonds is 8. The number of hydrogen-bond acceptors (Lipinski definition) is 5. The third-order valence-corrected chi connectivity index (χ3v) is 5.29. The van der Waals surface area contributed by atoms with Crippen molar-refractivity contribution in [1.82, 2.24) is 15.5 Å². The Morgan fingerprint density at radius 2 is 1.86 bits per heavy atom. The van der Waals surface area contributed by atoms with Crippen LogP contribution in [0.25, 0.3) is 0 Å². The number of hydrogen-bond donors (Lipinski definition) is 2. The molecule has 2 heterocycles. The summed E-state index contributed by atoms with van der Waals surface area (Å²) < 4.78 is 10.3. The number of ether oxygens (including phenoxy) is 1. The SMILES string of the molecule is COc1ccc([C@@H](CNC(=O)[C@H](C)NC(=O)c2ccco2)N2CCCCC2)cc1. The maximum atomic E-state index is 12.6. The number of likely N-dealkylation sites (tertiary alicyclic amines) is 1. The summed E-state index contributed by atoms with van der Waals surface area (Å²) in [5.41, 5.74) is 1.14. The number of benzene rings is 1. The fourth-order valence-electron chi connectivity index (χ4n) is 3.61. The molecule has 0 unspecified atom stereocenters. The first-order valence-corrected chi connectivity index (χ1v) is 10.1. The van der Waals surface area contributed by atoms with Gasteiger partial charge in [0.2, 0.25) is 5.91 Å². The predicted molar refractivity (Wildman–Crippen MR) is 110 cm³/mol. The van der Waals surface area contributed by atoms with E-state index in [9.17, 15) is 9.59 Å². The number of furan rings is 1. The molecule has 1 aliphatic heterocycles. The van der Waals surface area contributed by atoms with Crippen LogP contribution in [0.3, 0.4) is 0 Å². The molecule has 0 saturated carbocycles. The second-order valence-electron chi connectivity index (χ2n) is 7.30. The Balaban J connectivity index is 1.62. The smallest absolute Gasteiger partial charge is 0.287 e. The van der Waals surface area contributed by atoms with Crippen LogP contribution < -0.4 is 15.4 Å². The topological polar surface area (TPSA) is 83.8 Å². The zero-order chi connectivity index (χ0) is 20.6. The number of nitrogens with one attached hydrogen (secondary N) is 2. The lowest BCUT2D eigenvalue weighted by Gasteiger charge is -2.35. The van der Waals surface area contributed by atoms with E-state index in [2.05, 4.69) is 15.5 Å². The molecule has 2 amide bonds. The summed E-state index contributed by atoms with van der Waals surface area (Å²) in [5.74, 6) is 0.374. The first-order valence-electron chi connectivity index (χ1n) is 10.1. The van der Waals surface area contributed by atoms with E-state index in [1.165, 1.54) is 12.7 Å². The molecule has 1 aromatic heterocycles. The lowest BCUT2D eigenvalue weighted by molar-refractivity contribution is -0.122. The van der Waals surface area contributed by atoms with Crippen molar-refractivity contribution in [2.75, 3.05) is 26.7 Å². The van der Waals surface area contributed by atoms with E-state index < -0.39 is 11.9 Å². The predicted octanol–water partition coefficient (Wildman–Crippen LogP) is 2.75. The van der Waals surface area contributed by atoms with Crippen LogP contribution in [0.1, 0.15) is 48.3 Å². The second-order valence-corrected chi connectivity index (χ2v) is 7.30. The normalized spacial score (nSPS) is 16.6. The Morgan fingerprint density at radius 1 is 1.14 bits per heavy atom. The molecule has 0 spiro atoms. The third-order valence-electron chi connectivity index (χ3n) is 5.29. The van der Waals surface area contributed by atoms with Crippen LogP contribution in [-0.2, 0) is 4.79 Å². The van der Waals surface area contributed by atoms with E-state index in [-0.39, 0.29) is 17.7 Å². The van der Waals surface area contributed by atoms with Crippen LogP contribution in [0.5, 0.6) is 5.75 Å². The summed E-state index contributed by atoms with van der Waals surface area (Å²) in [6.07, 6.45) is 5.00. The molecule has 156 valence electrons. The minimum absolute atomic E-state index is 0.0816. The zero-order valence-electron chi connectivity index (χ0n) is 17.0. The van der Waals surface area contributed by atoms with Crippen LogP contribution in [-0.4, -0.2) is 49.5 Å². The van der Waals surface area contributed by atoms with E-state index >= 15 is 0 Å². The molecule has 2 aromatic rings.